The molecule has 4 rings (SSSR count). The van der Waals surface area contributed by atoms with E-state index in [1.165, 1.54) is 19.3 Å². The molecule has 24 heavy (non-hydrogen) atoms. The van der Waals surface area contributed by atoms with Crippen molar-refractivity contribution in [3.63, 3.8) is 0 Å². The number of ether oxygens (including phenoxy) is 2. The standard InChI is InChI=1S/C17H21N3O3S/c1-11-4-2-3-5-19(11)6-7-20-16(21)12-8-14-15(23-10-22-14)9-13(12)18-17(20)24/h8-9,11H,2-7,10H2,1H3,(H,18,24)/t11-/m1/s1. The fourth-order valence-corrected chi connectivity index (χ4v) is 3.85. The molecule has 6 nitrogen and oxygen atoms in total. The second-order valence-electron chi connectivity index (χ2n) is 6.52. The van der Waals surface area contributed by atoms with E-state index in [9.17, 15) is 4.79 Å². The van der Waals surface area contributed by atoms with Crippen LogP contribution in [0, 0.1) is 4.77 Å². The summed E-state index contributed by atoms with van der Waals surface area (Å²) in [6, 6.07) is 4.10. The Hall–Kier alpha value is -1.86. The maximum absolute atomic E-state index is 12.9. The Kier molecular flexibility index (Phi) is 4.05. The van der Waals surface area contributed by atoms with Crippen LogP contribution in [0.25, 0.3) is 10.9 Å². The third-order valence-corrected chi connectivity index (χ3v) is 5.35. The monoisotopic (exact) mass is 347 g/mol. The largest absolute Gasteiger partial charge is 0.454 e. The number of hydrogen-bond acceptors (Lipinski definition) is 5. The van der Waals surface area contributed by atoms with Crippen molar-refractivity contribution in [3.8, 4) is 11.5 Å². The van der Waals surface area contributed by atoms with Crippen LogP contribution in [0.5, 0.6) is 11.5 Å². The number of piperidine rings is 1. The molecule has 2 aliphatic rings. The summed E-state index contributed by atoms with van der Waals surface area (Å²) in [5, 5.41) is 0.583. The van der Waals surface area contributed by atoms with Crippen molar-refractivity contribution in [2.75, 3.05) is 19.9 Å². The first kappa shape index (κ1) is 15.7. The van der Waals surface area contributed by atoms with E-state index in [4.69, 9.17) is 21.7 Å². The predicted molar refractivity (Wildman–Crippen MR) is 94.4 cm³/mol. The molecule has 3 heterocycles. The smallest absolute Gasteiger partial charge is 0.262 e. The van der Waals surface area contributed by atoms with Gasteiger partial charge in [0.15, 0.2) is 16.3 Å². The van der Waals surface area contributed by atoms with Gasteiger partial charge in [0.2, 0.25) is 6.79 Å². The van der Waals surface area contributed by atoms with Crippen LogP contribution in [0.1, 0.15) is 26.2 Å². The van der Waals surface area contributed by atoms with Crippen LogP contribution in [0.15, 0.2) is 16.9 Å². The van der Waals surface area contributed by atoms with E-state index in [0.29, 0.717) is 39.8 Å². The lowest BCUT2D eigenvalue weighted by molar-refractivity contribution is 0.154. The Balaban J connectivity index is 1.67. The number of aromatic nitrogens is 2. The molecule has 1 aromatic heterocycles. The topological polar surface area (TPSA) is 59.5 Å². The normalized spacial score (nSPS) is 20.6. The number of benzene rings is 1. The molecule has 0 spiro atoms. The van der Waals surface area contributed by atoms with Crippen molar-refractivity contribution in [1.29, 1.82) is 0 Å². The number of rotatable bonds is 3. The molecule has 2 aliphatic heterocycles. The Morgan fingerprint density at radius 3 is 2.83 bits per heavy atom. The van der Waals surface area contributed by atoms with E-state index < -0.39 is 0 Å². The first-order valence-corrected chi connectivity index (χ1v) is 8.85. The number of nitrogens with one attached hydrogen (secondary N) is 1. The highest BCUT2D eigenvalue weighted by molar-refractivity contribution is 7.71. The molecule has 7 heteroatoms. The third-order valence-electron chi connectivity index (χ3n) is 5.03. The minimum Gasteiger partial charge on any atom is -0.454 e. The zero-order chi connectivity index (χ0) is 16.7. The van der Waals surface area contributed by atoms with Gasteiger partial charge in [0, 0.05) is 25.2 Å². The van der Waals surface area contributed by atoms with Gasteiger partial charge in [0.25, 0.3) is 5.56 Å². The van der Waals surface area contributed by atoms with Crippen molar-refractivity contribution in [2.45, 2.75) is 38.8 Å². The molecular weight excluding hydrogens is 326 g/mol. The van der Waals surface area contributed by atoms with Gasteiger partial charge >= 0.3 is 0 Å². The second-order valence-corrected chi connectivity index (χ2v) is 6.91. The van der Waals surface area contributed by atoms with E-state index in [2.05, 4.69) is 16.8 Å². The molecule has 1 atom stereocenters. The first-order valence-electron chi connectivity index (χ1n) is 8.44. The maximum Gasteiger partial charge on any atom is 0.262 e. The highest BCUT2D eigenvalue weighted by Crippen LogP contribution is 2.34. The summed E-state index contributed by atoms with van der Waals surface area (Å²) in [5.41, 5.74) is 0.619. The lowest BCUT2D eigenvalue weighted by Gasteiger charge is -2.33. The van der Waals surface area contributed by atoms with Crippen LogP contribution >= 0.6 is 12.2 Å². The average molecular weight is 347 g/mol. The molecule has 1 saturated heterocycles. The third kappa shape index (κ3) is 2.71. The summed E-state index contributed by atoms with van der Waals surface area (Å²) in [6.07, 6.45) is 3.75. The van der Waals surface area contributed by atoms with Gasteiger partial charge < -0.3 is 14.5 Å². The second kappa shape index (κ2) is 6.22. The van der Waals surface area contributed by atoms with Crippen molar-refractivity contribution in [2.24, 2.45) is 0 Å². The van der Waals surface area contributed by atoms with E-state index in [1.54, 1.807) is 16.7 Å². The van der Waals surface area contributed by atoms with Gasteiger partial charge in [-0.2, -0.15) is 0 Å². The molecule has 1 aromatic carbocycles. The van der Waals surface area contributed by atoms with Gasteiger partial charge in [-0.3, -0.25) is 14.3 Å². The quantitative estimate of drug-likeness (QED) is 0.865. The Morgan fingerprint density at radius 1 is 1.25 bits per heavy atom. The molecule has 1 fully saturated rings. The van der Waals surface area contributed by atoms with Crippen molar-refractivity contribution < 1.29 is 9.47 Å². The lowest BCUT2D eigenvalue weighted by Crippen LogP contribution is -2.40. The van der Waals surface area contributed by atoms with Crippen LogP contribution < -0.4 is 15.0 Å². The van der Waals surface area contributed by atoms with E-state index in [0.717, 1.165) is 13.1 Å². The Morgan fingerprint density at radius 2 is 2.04 bits per heavy atom. The summed E-state index contributed by atoms with van der Waals surface area (Å²) in [4.78, 5) is 18.5. The Bertz CT molecular complexity index is 889. The molecule has 0 amide bonds. The zero-order valence-electron chi connectivity index (χ0n) is 13.7. The molecule has 1 N–H and O–H groups in total. The highest BCUT2D eigenvalue weighted by atomic mass is 32.1. The number of likely N-dealkylation sites (tertiary alicyclic amines) is 1. The molecule has 128 valence electrons. The van der Waals surface area contributed by atoms with Crippen molar-refractivity contribution >= 4 is 23.1 Å². The number of fused-ring (bicyclic) bond motifs is 2. The van der Waals surface area contributed by atoms with Gasteiger partial charge in [0.05, 0.1) is 10.9 Å². The minimum absolute atomic E-state index is 0.0725. The molecule has 0 bridgehead atoms. The van der Waals surface area contributed by atoms with Crippen LogP contribution in [0.2, 0.25) is 0 Å². The average Bonchev–Trinajstić information content (AvgIpc) is 3.02. The van der Waals surface area contributed by atoms with E-state index in [-0.39, 0.29) is 12.4 Å². The predicted octanol–water partition coefficient (Wildman–Crippen LogP) is 2.66. The fraction of sp³-hybridized carbons (Fsp3) is 0.529. The molecule has 0 saturated carbocycles. The lowest BCUT2D eigenvalue weighted by atomic mass is 10.0. The fourth-order valence-electron chi connectivity index (χ4n) is 3.56. The number of hydrogen-bond donors (Lipinski definition) is 1. The SMILES string of the molecule is C[C@@H]1CCCCN1CCn1c(=S)[nH]c2cc3c(cc2c1=O)OCO3. The van der Waals surface area contributed by atoms with Crippen LogP contribution in [0.3, 0.4) is 0 Å². The molecule has 0 aliphatic carbocycles. The van der Waals surface area contributed by atoms with Gasteiger partial charge in [0.1, 0.15) is 0 Å². The maximum atomic E-state index is 12.9. The van der Waals surface area contributed by atoms with Crippen LogP contribution in [-0.2, 0) is 6.54 Å². The van der Waals surface area contributed by atoms with Gasteiger partial charge in [-0.15, -0.1) is 0 Å². The summed E-state index contributed by atoms with van der Waals surface area (Å²) in [6.45, 7) is 4.98. The minimum atomic E-state index is -0.0725. The summed E-state index contributed by atoms with van der Waals surface area (Å²) in [5.74, 6) is 1.26. The van der Waals surface area contributed by atoms with Gasteiger partial charge in [-0.05, 0) is 44.6 Å². The van der Waals surface area contributed by atoms with Crippen molar-refractivity contribution in [3.05, 3.63) is 27.3 Å². The van der Waals surface area contributed by atoms with Crippen LogP contribution in [0.4, 0.5) is 0 Å². The molecule has 0 unspecified atom stereocenters. The van der Waals surface area contributed by atoms with E-state index >= 15 is 0 Å². The molecule has 0 radical (unpaired) electrons. The molecule has 2 aromatic rings. The van der Waals surface area contributed by atoms with Crippen molar-refractivity contribution in [1.82, 2.24) is 14.5 Å². The molecular formula is C17H21N3O3S. The Labute approximate surface area is 145 Å². The number of aromatic amines is 1. The summed E-state index contributed by atoms with van der Waals surface area (Å²) in [7, 11) is 0. The summed E-state index contributed by atoms with van der Waals surface area (Å²) < 4.78 is 12.9. The highest BCUT2D eigenvalue weighted by Gasteiger charge is 2.19. The van der Waals surface area contributed by atoms with E-state index in [1.807, 2.05) is 0 Å². The first-order chi connectivity index (χ1) is 11.6. The van der Waals surface area contributed by atoms with Gasteiger partial charge in [-0.1, -0.05) is 6.42 Å². The number of nitrogens with zero attached hydrogens (tertiary/aromatic N) is 2. The zero-order valence-corrected chi connectivity index (χ0v) is 14.5. The number of H-pyrrole nitrogens is 1. The van der Waals surface area contributed by atoms with Crippen LogP contribution in [-0.4, -0.2) is 40.4 Å². The summed E-state index contributed by atoms with van der Waals surface area (Å²) >= 11 is 5.41. The van der Waals surface area contributed by atoms with Gasteiger partial charge in [-0.25, -0.2) is 0 Å².